The van der Waals surface area contributed by atoms with Crippen molar-refractivity contribution in [3.63, 3.8) is 0 Å². The normalized spacial score (nSPS) is 17.1. The van der Waals surface area contributed by atoms with Crippen LogP contribution in [0.2, 0.25) is 0 Å². The summed E-state index contributed by atoms with van der Waals surface area (Å²) in [5.74, 6) is -10.7. The van der Waals surface area contributed by atoms with Crippen molar-refractivity contribution in [3.8, 4) is 28.0 Å². The van der Waals surface area contributed by atoms with E-state index in [1.54, 1.807) is 6.07 Å². The minimum Gasteiger partial charge on any atom is -0.429 e. The number of rotatable bonds is 9. The number of ether oxygens (including phenoxy) is 1. The van der Waals surface area contributed by atoms with Crippen LogP contribution in [-0.2, 0) is 6.11 Å². The molecule has 0 N–H and O–H groups in total. The molecular formula is C36H29F9O. The summed E-state index contributed by atoms with van der Waals surface area (Å²) in [6.45, 7) is 2.11. The lowest BCUT2D eigenvalue weighted by atomic mass is 9.78. The van der Waals surface area contributed by atoms with Gasteiger partial charge in [0.2, 0.25) is 0 Å². The Bertz CT molecular complexity index is 1710. The molecule has 0 heterocycles. The van der Waals surface area contributed by atoms with Crippen molar-refractivity contribution in [2.24, 2.45) is 5.92 Å². The van der Waals surface area contributed by atoms with E-state index >= 15 is 22.0 Å². The molecule has 0 radical (unpaired) electrons. The first-order valence-corrected chi connectivity index (χ1v) is 14.8. The predicted octanol–water partition coefficient (Wildman–Crippen LogP) is 11.8. The quantitative estimate of drug-likeness (QED) is 0.0997. The van der Waals surface area contributed by atoms with Gasteiger partial charge in [-0.2, -0.15) is 8.78 Å². The molecule has 0 saturated heterocycles. The maximum Gasteiger partial charge on any atom is 0.432 e. The van der Waals surface area contributed by atoms with Gasteiger partial charge in [0, 0.05) is 17.2 Å². The van der Waals surface area contributed by atoms with Crippen molar-refractivity contribution in [3.05, 3.63) is 125 Å². The maximum absolute atomic E-state index is 15.2. The van der Waals surface area contributed by atoms with Crippen LogP contribution in [0.4, 0.5) is 39.5 Å². The van der Waals surface area contributed by atoms with Gasteiger partial charge in [0.1, 0.15) is 34.6 Å². The van der Waals surface area contributed by atoms with E-state index in [4.69, 9.17) is 0 Å². The molecule has 0 bridgehead atoms. The highest BCUT2D eigenvalue weighted by molar-refractivity contribution is 5.66. The molecule has 0 spiro atoms. The fourth-order valence-corrected chi connectivity index (χ4v) is 5.83. The Morgan fingerprint density at radius 1 is 0.674 bits per heavy atom. The lowest BCUT2D eigenvalue weighted by Gasteiger charge is -2.27. The highest BCUT2D eigenvalue weighted by Gasteiger charge is 2.41. The number of alkyl halides is 2. The highest BCUT2D eigenvalue weighted by atomic mass is 19.3. The lowest BCUT2D eigenvalue weighted by Crippen LogP contribution is -2.25. The van der Waals surface area contributed by atoms with E-state index in [0.717, 1.165) is 56.2 Å². The summed E-state index contributed by atoms with van der Waals surface area (Å²) in [6, 6.07) is 8.49. The van der Waals surface area contributed by atoms with Gasteiger partial charge in [0.05, 0.1) is 0 Å². The Balaban J connectivity index is 1.32. The molecule has 0 aliphatic heterocycles. The van der Waals surface area contributed by atoms with Crippen molar-refractivity contribution >= 4 is 0 Å². The minimum atomic E-state index is -4.65. The molecule has 0 aromatic heterocycles. The number of halogens is 9. The summed E-state index contributed by atoms with van der Waals surface area (Å²) in [5.41, 5.74) is -2.43. The number of hydrogen-bond donors (Lipinski definition) is 0. The topological polar surface area (TPSA) is 9.23 Å². The molecule has 1 nitrogen and oxygen atoms in total. The lowest BCUT2D eigenvalue weighted by molar-refractivity contribution is -0.189. The fraction of sp³-hybridized carbons (Fsp3) is 0.278. The Hall–Kier alpha value is -4.21. The van der Waals surface area contributed by atoms with E-state index in [1.807, 2.05) is 0 Å². The summed E-state index contributed by atoms with van der Waals surface area (Å²) >= 11 is 0. The van der Waals surface area contributed by atoms with Gasteiger partial charge in [-0.15, -0.1) is 0 Å². The molecule has 0 amide bonds. The van der Waals surface area contributed by atoms with Gasteiger partial charge in [-0.05, 0) is 103 Å². The van der Waals surface area contributed by atoms with Crippen molar-refractivity contribution in [2.75, 3.05) is 0 Å². The predicted molar refractivity (Wildman–Crippen MR) is 157 cm³/mol. The largest absolute Gasteiger partial charge is 0.432 e. The molecule has 0 unspecified atom stereocenters. The first-order valence-electron chi connectivity index (χ1n) is 14.8. The van der Waals surface area contributed by atoms with E-state index in [2.05, 4.69) is 23.8 Å². The Kier molecular flexibility index (Phi) is 9.84. The van der Waals surface area contributed by atoms with Crippen molar-refractivity contribution in [1.82, 2.24) is 0 Å². The van der Waals surface area contributed by atoms with E-state index in [-0.39, 0.29) is 17.0 Å². The average Bonchev–Trinajstić information content (AvgIpc) is 2.99. The SMILES string of the molecule is CCC/C=C/C1CCC(c2ccc(-c3cc(F)c(C(F)(F)Oc4ccc(-c5cc(F)c(F)c(F)c5)c(F)c4)c(F)c3)c(F)c2)CC1. The molecule has 46 heavy (non-hydrogen) atoms. The fourth-order valence-electron chi connectivity index (χ4n) is 5.83. The van der Waals surface area contributed by atoms with Crippen LogP contribution < -0.4 is 4.74 Å². The zero-order valence-corrected chi connectivity index (χ0v) is 24.6. The molecule has 242 valence electrons. The van der Waals surface area contributed by atoms with Crippen LogP contribution >= 0.6 is 0 Å². The van der Waals surface area contributed by atoms with Gasteiger partial charge in [-0.3, -0.25) is 0 Å². The molecular weight excluding hydrogens is 619 g/mol. The minimum absolute atomic E-state index is 0.128. The average molecular weight is 649 g/mol. The molecule has 0 atom stereocenters. The standard InChI is InChI=1S/C36H29F9O/c1-2-3-4-5-20-6-8-21(9-7-20)22-10-12-26(28(37)14-22)23-15-30(39)34(31(40)16-23)36(44,45)46-25-11-13-27(29(38)19-25)24-17-32(41)35(43)33(42)18-24/h4-5,10-21H,2-3,6-9H2,1H3/b5-4+. The van der Waals surface area contributed by atoms with Crippen LogP contribution in [0.5, 0.6) is 5.75 Å². The highest BCUT2D eigenvalue weighted by Crippen LogP contribution is 2.40. The van der Waals surface area contributed by atoms with Gasteiger partial charge in [-0.25, -0.2) is 30.7 Å². The molecule has 1 fully saturated rings. The van der Waals surface area contributed by atoms with Gasteiger partial charge in [-0.1, -0.05) is 37.6 Å². The zero-order valence-electron chi connectivity index (χ0n) is 24.6. The third-order valence-corrected chi connectivity index (χ3v) is 8.23. The Labute approximate surface area is 260 Å². The Morgan fingerprint density at radius 2 is 1.22 bits per heavy atom. The van der Waals surface area contributed by atoms with Crippen molar-refractivity contribution < 1.29 is 44.3 Å². The van der Waals surface area contributed by atoms with Crippen molar-refractivity contribution in [2.45, 2.75) is 57.5 Å². The molecule has 10 heteroatoms. The number of benzene rings is 4. The summed E-state index contributed by atoms with van der Waals surface area (Å²) in [4.78, 5) is 0. The molecule has 4 aromatic carbocycles. The smallest absolute Gasteiger partial charge is 0.429 e. The van der Waals surface area contributed by atoms with Gasteiger partial charge in [0.15, 0.2) is 17.5 Å². The van der Waals surface area contributed by atoms with E-state index in [1.165, 1.54) is 12.1 Å². The summed E-state index contributed by atoms with van der Waals surface area (Å²) in [7, 11) is 0. The van der Waals surface area contributed by atoms with E-state index < -0.39 is 69.3 Å². The van der Waals surface area contributed by atoms with E-state index in [0.29, 0.717) is 36.2 Å². The van der Waals surface area contributed by atoms with Crippen LogP contribution in [-0.4, -0.2) is 0 Å². The van der Waals surface area contributed by atoms with Crippen LogP contribution in [0.3, 0.4) is 0 Å². The molecule has 5 rings (SSSR count). The third kappa shape index (κ3) is 7.11. The maximum atomic E-state index is 15.2. The van der Waals surface area contributed by atoms with Crippen LogP contribution in [0.15, 0.2) is 72.8 Å². The molecule has 1 aliphatic carbocycles. The number of hydrogen-bond acceptors (Lipinski definition) is 1. The van der Waals surface area contributed by atoms with Gasteiger partial charge in [0.25, 0.3) is 0 Å². The number of unbranched alkanes of at least 4 members (excludes halogenated alkanes) is 1. The summed E-state index contributed by atoms with van der Waals surface area (Å²) in [5, 5.41) is 0. The monoisotopic (exact) mass is 648 g/mol. The summed E-state index contributed by atoms with van der Waals surface area (Å²) < 4.78 is 135. The van der Waals surface area contributed by atoms with Crippen LogP contribution in [0.25, 0.3) is 22.3 Å². The first kappa shape index (κ1) is 33.2. The van der Waals surface area contributed by atoms with Crippen molar-refractivity contribution in [1.29, 1.82) is 0 Å². The number of allylic oxidation sites excluding steroid dienone is 2. The van der Waals surface area contributed by atoms with Crippen LogP contribution in [0, 0.1) is 46.6 Å². The molecule has 4 aromatic rings. The van der Waals surface area contributed by atoms with E-state index in [9.17, 15) is 17.6 Å². The Morgan fingerprint density at radius 3 is 1.76 bits per heavy atom. The van der Waals surface area contributed by atoms with Gasteiger partial charge >= 0.3 is 6.11 Å². The summed E-state index contributed by atoms with van der Waals surface area (Å²) in [6.07, 6.45) is 5.54. The molecule has 1 aliphatic rings. The second kappa shape index (κ2) is 13.6. The third-order valence-electron chi connectivity index (χ3n) is 8.23. The second-order valence-electron chi connectivity index (χ2n) is 11.4. The van der Waals surface area contributed by atoms with Crippen LogP contribution in [0.1, 0.15) is 62.5 Å². The first-order chi connectivity index (χ1) is 21.9. The zero-order chi connectivity index (χ0) is 33.2. The second-order valence-corrected chi connectivity index (χ2v) is 11.4. The van der Waals surface area contributed by atoms with Gasteiger partial charge < -0.3 is 4.74 Å². The molecule has 1 saturated carbocycles.